The molecule has 4 heterocycles. The van der Waals surface area contributed by atoms with Crippen LogP contribution in [0.2, 0.25) is 5.15 Å². The quantitative estimate of drug-likeness (QED) is 0.388. The molecule has 0 aliphatic heterocycles. The normalized spacial score (nSPS) is 23.9. The van der Waals surface area contributed by atoms with Gasteiger partial charge in [0.2, 0.25) is 5.82 Å². The van der Waals surface area contributed by atoms with Crippen molar-refractivity contribution in [2.24, 2.45) is 17.8 Å². The van der Waals surface area contributed by atoms with E-state index in [0.717, 1.165) is 25.7 Å². The summed E-state index contributed by atoms with van der Waals surface area (Å²) in [6.07, 6.45) is 10.1. The van der Waals surface area contributed by atoms with Crippen LogP contribution in [0.1, 0.15) is 25.7 Å². The monoisotopic (exact) mass is 481 g/mol. The zero-order chi connectivity index (χ0) is 23.4. The summed E-state index contributed by atoms with van der Waals surface area (Å²) in [5.41, 5.74) is 1.48. The van der Waals surface area contributed by atoms with E-state index < -0.39 is 23.7 Å². The number of hydrogen-bond donors (Lipinski definition) is 3. The number of aliphatic carboxylic acids is 1. The van der Waals surface area contributed by atoms with Crippen molar-refractivity contribution >= 4 is 34.6 Å². The lowest BCUT2D eigenvalue weighted by Gasteiger charge is -2.47. The van der Waals surface area contributed by atoms with E-state index in [9.17, 15) is 9.90 Å². The van der Waals surface area contributed by atoms with Crippen LogP contribution >= 0.6 is 11.6 Å². The van der Waals surface area contributed by atoms with Gasteiger partial charge in [-0.2, -0.15) is 4.39 Å². The maximum atomic E-state index is 15.7. The van der Waals surface area contributed by atoms with Gasteiger partial charge in [-0.25, -0.2) is 19.9 Å². The van der Waals surface area contributed by atoms with Gasteiger partial charge in [0.05, 0.1) is 17.7 Å². The van der Waals surface area contributed by atoms with Crippen LogP contribution in [-0.2, 0) is 4.79 Å². The van der Waals surface area contributed by atoms with Crippen molar-refractivity contribution in [1.82, 2.24) is 29.5 Å². The molecular weight excluding hydrogens is 461 g/mol. The first-order valence-electron chi connectivity index (χ1n) is 11.2. The predicted octanol–water partition coefficient (Wildman–Crippen LogP) is 4.30. The smallest absolute Gasteiger partial charge is 0.308 e. The number of rotatable bonds is 5. The Labute approximate surface area is 198 Å². The van der Waals surface area contributed by atoms with Gasteiger partial charge in [0.1, 0.15) is 10.7 Å². The number of halogens is 2. The van der Waals surface area contributed by atoms with Crippen LogP contribution in [-0.4, -0.2) is 46.6 Å². The summed E-state index contributed by atoms with van der Waals surface area (Å²) in [4.78, 5) is 32.7. The van der Waals surface area contributed by atoms with Gasteiger partial charge in [-0.3, -0.25) is 4.79 Å². The van der Waals surface area contributed by atoms with Gasteiger partial charge < -0.3 is 20.0 Å². The third kappa shape index (κ3) is 3.40. The van der Waals surface area contributed by atoms with E-state index in [-0.39, 0.29) is 34.4 Å². The molecule has 0 saturated heterocycles. The Kier molecular flexibility index (Phi) is 4.98. The lowest BCUT2D eigenvalue weighted by atomic mass is 9.61. The molecule has 34 heavy (non-hydrogen) atoms. The van der Waals surface area contributed by atoms with Crippen molar-refractivity contribution < 1.29 is 14.3 Å². The average molecular weight is 482 g/mol. The van der Waals surface area contributed by atoms with Crippen molar-refractivity contribution in [3.8, 4) is 17.2 Å². The highest BCUT2D eigenvalue weighted by Crippen LogP contribution is 2.46. The van der Waals surface area contributed by atoms with E-state index in [0.29, 0.717) is 16.7 Å². The second-order valence-electron chi connectivity index (χ2n) is 8.93. The number of carboxylic acids is 1. The molecule has 9 nitrogen and oxygen atoms in total. The number of aromatic amines is 1. The summed E-state index contributed by atoms with van der Waals surface area (Å²) in [5.74, 6) is -1.60. The van der Waals surface area contributed by atoms with E-state index in [1.807, 2.05) is 0 Å². The van der Waals surface area contributed by atoms with E-state index in [1.54, 1.807) is 35.3 Å². The molecule has 2 atom stereocenters. The van der Waals surface area contributed by atoms with Gasteiger partial charge in [-0.15, -0.1) is 0 Å². The standard InChI is InChI=1S/C23H21ClFN7O2/c24-14-10-27-21-18(28-14)13(9-26-21)19-30-20(16(25)22(31-19)32-7-1-2-8-32)29-17-12-5-3-11(4-6-12)15(17)23(33)34/h1-2,7-12,15,17H,3-6H2,(H,26,27)(H,33,34)(H,29,30,31)/t11?,12?,15-,17-/m0/s1. The van der Waals surface area contributed by atoms with Gasteiger partial charge in [-0.1, -0.05) is 11.6 Å². The van der Waals surface area contributed by atoms with Gasteiger partial charge in [-0.05, 0) is 49.7 Å². The molecule has 3 aliphatic carbocycles. The number of H-pyrrole nitrogens is 1. The molecular formula is C23H21ClFN7O2. The zero-order valence-corrected chi connectivity index (χ0v) is 18.7. The number of carbonyl (C=O) groups is 1. The van der Waals surface area contributed by atoms with Gasteiger partial charge >= 0.3 is 5.97 Å². The number of carboxylic acid groups (broad SMARTS) is 1. The molecule has 2 bridgehead atoms. The number of nitrogens with zero attached hydrogens (tertiary/aromatic N) is 5. The fraction of sp³-hybridized carbons (Fsp3) is 0.348. The first-order chi connectivity index (χ1) is 16.5. The highest BCUT2D eigenvalue weighted by molar-refractivity contribution is 6.29. The molecule has 0 unspecified atom stereocenters. The Morgan fingerprint density at radius 3 is 2.62 bits per heavy atom. The molecule has 0 radical (unpaired) electrons. The third-order valence-corrected chi connectivity index (χ3v) is 7.26. The van der Waals surface area contributed by atoms with Crippen LogP contribution in [0, 0.1) is 23.6 Å². The fourth-order valence-electron chi connectivity index (χ4n) is 5.51. The van der Waals surface area contributed by atoms with Crippen LogP contribution in [0.3, 0.4) is 0 Å². The molecule has 11 heteroatoms. The largest absolute Gasteiger partial charge is 0.481 e. The molecule has 174 valence electrons. The summed E-state index contributed by atoms with van der Waals surface area (Å²) in [7, 11) is 0. The summed E-state index contributed by atoms with van der Waals surface area (Å²) in [6.45, 7) is 0. The topological polar surface area (TPSA) is 122 Å². The van der Waals surface area contributed by atoms with E-state index in [4.69, 9.17) is 11.6 Å². The van der Waals surface area contributed by atoms with Crippen molar-refractivity contribution in [2.45, 2.75) is 31.7 Å². The molecule has 4 aromatic heterocycles. The minimum absolute atomic E-state index is 0.0261. The molecule has 3 fully saturated rings. The van der Waals surface area contributed by atoms with Gasteiger partial charge in [0.25, 0.3) is 0 Å². The highest BCUT2D eigenvalue weighted by atomic mass is 35.5. The molecule has 3 saturated carbocycles. The molecule has 0 amide bonds. The molecule has 0 spiro atoms. The average Bonchev–Trinajstić information content (AvgIpc) is 3.51. The summed E-state index contributed by atoms with van der Waals surface area (Å²) < 4.78 is 17.3. The van der Waals surface area contributed by atoms with Crippen molar-refractivity contribution in [3.05, 3.63) is 47.9 Å². The zero-order valence-electron chi connectivity index (χ0n) is 17.9. The van der Waals surface area contributed by atoms with Crippen LogP contribution in [0.15, 0.2) is 36.9 Å². The summed E-state index contributed by atoms with van der Waals surface area (Å²) in [6, 6.07) is 3.13. The first-order valence-corrected chi connectivity index (χ1v) is 11.6. The minimum atomic E-state index is -0.853. The second kappa shape index (κ2) is 8.05. The molecule has 3 N–H and O–H groups in total. The van der Waals surface area contributed by atoms with Crippen LogP contribution in [0.4, 0.5) is 10.2 Å². The number of anilines is 1. The lowest BCUT2D eigenvalue weighted by Crippen LogP contribution is -2.51. The Balaban J connectivity index is 1.49. The fourth-order valence-corrected chi connectivity index (χ4v) is 5.64. The second-order valence-corrected chi connectivity index (χ2v) is 9.31. The number of hydrogen-bond acceptors (Lipinski definition) is 6. The third-order valence-electron chi connectivity index (χ3n) is 7.08. The van der Waals surface area contributed by atoms with Gasteiger partial charge in [0.15, 0.2) is 23.1 Å². The molecule has 3 aliphatic rings. The highest BCUT2D eigenvalue weighted by Gasteiger charge is 2.47. The Bertz CT molecular complexity index is 1380. The van der Waals surface area contributed by atoms with E-state index >= 15 is 4.39 Å². The maximum Gasteiger partial charge on any atom is 0.308 e. The van der Waals surface area contributed by atoms with Crippen LogP contribution in [0.5, 0.6) is 0 Å². The Morgan fingerprint density at radius 1 is 1.15 bits per heavy atom. The lowest BCUT2D eigenvalue weighted by molar-refractivity contribution is -0.148. The molecule has 7 rings (SSSR count). The number of nitrogens with one attached hydrogen (secondary N) is 2. The van der Waals surface area contributed by atoms with E-state index in [2.05, 4.69) is 30.2 Å². The minimum Gasteiger partial charge on any atom is -0.481 e. The maximum absolute atomic E-state index is 15.7. The summed E-state index contributed by atoms with van der Waals surface area (Å²) in [5, 5.41) is 13.3. The van der Waals surface area contributed by atoms with Crippen molar-refractivity contribution in [1.29, 1.82) is 0 Å². The predicted molar refractivity (Wildman–Crippen MR) is 123 cm³/mol. The number of aromatic nitrogens is 6. The van der Waals surface area contributed by atoms with Crippen molar-refractivity contribution in [2.75, 3.05) is 5.32 Å². The van der Waals surface area contributed by atoms with Gasteiger partial charge in [0, 0.05) is 24.6 Å². The first kappa shape index (κ1) is 21.0. The van der Waals surface area contributed by atoms with E-state index in [1.165, 1.54) is 6.20 Å². The van der Waals surface area contributed by atoms with Crippen molar-refractivity contribution in [3.63, 3.8) is 0 Å². The molecule has 4 aromatic rings. The Hall–Kier alpha value is -3.53. The van der Waals surface area contributed by atoms with Crippen LogP contribution < -0.4 is 5.32 Å². The van der Waals surface area contributed by atoms with Crippen LogP contribution in [0.25, 0.3) is 28.4 Å². The molecule has 0 aromatic carbocycles. The number of fused-ring (bicyclic) bond motifs is 4. The SMILES string of the molecule is O=C(O)[C@H]1C2CCC(CC2)[C@@H]1Nc1nc(-c2c[nH]c3ncc(Cl)nc23)nc(-n2cccc2)c1F. The Morgan fingerprint density at radius 2 is 1.88 bits per heavy atom. The summed E-state index contributed by atoms with van der Waals surface area (Å²) >= 11 is 6.05.